The Morgan fingerprint density at radius 2 is 1.88 bits per heavy atom. The summed E-state index contributed by atoms with van der Waals surface area (Å²) in [7, 11) is 0. The van der Waals surface area contributed by atoms with Gasteiger partial charge in [0.05, 0.1) is 23.4 Å². The molecule has 0 bridgehead atoms. The monoisotopic (exact) mass is 436 g/mol. The molecule has 0 saturated heterocycles. The molecule has 1 fully saturated rings. The number of aromatic amines is 2. The standard InChI is InChI=1S/C25H24N8/c1-15(17-7-8-20-22(11-17)28-14-27-20)29-25-26-10-9-23(31-25)30-24-13-21(32-33-24)19-12-18(19)16-5-3-2-4-6-16/h2-11,13-15,18-19H,12H2,1H3,(H,27,28)(H3,26,29,30,31,32,33)/t15-,18+,19-/m0/s1. The van der Waals surface area contributed by atoms with Crippen LogP contribution in [-0.4, -0.2) is 30.1 Å². The zero-order chi connectivity index (χ0) is 22.2. The molecular weight excluding hydrogens is 412 g/mol. The van der Waals surface area contributed by atoms with Crippen LogP contribution in [0.4, 0.5) is 17.6 Å². The van der Waals surface area contributed by atoms with Crippen molar-refractivity contribution in [2.24, 2.45) is 0 Å². The summed E-state index contributed by atoms with van der Waals surface area (Å²) in [5.41, 5.74) is 5.63. The minimum Gasteiger partial charge on any atom is -0.348 e. The smallest absolute Gasteiger partial charge is 0.225 e. The van der Waals surface area contributed by atoms with Gasteiger partial charge in [-0.25, -0.2) is 9.97 Å². The quantitative estimate of drug-likeness (QED) is 0.277. The van der Waals surface area contributed by atoms with E-state index in [1.54, 1.807) is 12.5 Å². The number of fused-ring (bicyclic) bond motifs is 1. The van der Waals surface area contributed by atoms with Crippen LogP contribution in [0.2, 0.25) is 0 Å². The lowest BCUT2D eigenvalue weighted by Crippen LogP contribution is -2.10. The molecule has 0 amide bonds. The van der Waals surface area contributed by atoms with Gasteiger partial charge in [-0.05, 0) is 48.6 Å². The molecule has 3 heterocycles. The van der Waals surface area contributed by atoms with E-state index in [1.165, 1.54) is 5.56 Å². The molecule has 5 aromatic rings. The van der Waals surface area contributed by atoms with Crippen molar-refractivity contribution in [3.05, 3.63) is 90.0 Å². The molecule has 6 rings (SSSR count). The SMILES string of the molecule is C[C@H](Nc1nccc(Nc2cc([C@H]3C[C@@H]3c3ccccc3)[nH]n2)n1)c1ccc2nc[nH]c2c1. The van der Waals surface area contributed by atoms with Gasteiger partial charge >= 0.3 is 0 Å². The van der Waals surface area contributed by atoms with Crippen molar-refractivity contribution in [1.82, 2.24) is 30.1 Å². The first-order chi connectivity index (χ1) is 16.2. The minimum absolute atomic E-state index is 0.0368. The average molecular weight is 437 g/mol. The van der Waals surface area contributed by atoms with E-state index in [9.17, 15) is 0 Å². The molecule has 0 radical (unpaired) electrons. The highest BCUT2D eigenvalue weighted by molar-refractivity contribution is 5.75. The second-order valence-corrected chi connectivity index (χ2v) is 8.50. The fraction of sp³-hybridized carbons (Fsp3) is 0.200. The molecule has 1 saturated carbocycles. The molecule has 2 aromatic carbocycles. The maximum absolute atomic E-state index is 4.61. The predicted molar refractivity (Wildman–Crippen MR) is 129 cm³/mol. The summed E-state index contributed by atoms with van der Waals surface area (Å²) in [5.74, 6) is 3.06. The van der Waals surface area contributed by atoms with E-state index in [0.29, 0.717) is 23.6 Å². The molecule has 1 aliphatic rings. The summed E-state index contributed by atoms with van der Waals surface area (Å²) in [4.78, 5) is 16.4. The van der Waals surface area contributed by atoms with Crippen molar-refractivity contribution in [3.63, 3.8) is 0 Å². The third-order valence-electron chi connectivity index (χ3n) is 6.22. The highest BCUT2D eigenvalue weighted by atomic mass is 15.2. The van der Waals surface area contributed by atoms with E-state index in [-0.39, 0.29) is 6.04 Å². The van der Waals surface area contributed by atoms with E-state index < -0.39 is 0 Å². The number of rotatable bonds is 7. The molecule has 3 aromatic heterocycles. The second-order valence-electron chi connectivity index (χ2n) is 8.50. The lowest BCUT2D eigenvalue weighted by molar-refractivity contribution is 0.862. The zero-order valence-electron chi connectivity index (χ0n) is 18.2. The van der Waals surface area contributed by atoms with Crippen molar-refractivity contribution in [1.29, 1.82) is 0 Å². The third kappa shape index (κ3) is 4.03. The minimum atomic E-state index is 0.0368. The normalized spacial score (nSPS) is 18.2. The summed E-state index contributed by atoms with van der Waals surface area (Å²) in [6.45, 7) is 2.08. The molecule has 164 valence electrons. The molecular formula is C25H24N8. The maximum atomic E-state index is 4.61. The first kappa shape index (κ1) is 19.5. The van der Waals surface area contributed by atoms with Crippen molar-refractivity contribution in [3.8, 4) is 0 Å². The number of H-pyrrole nitrogens is 2. The van der Waals surface area contributed by atoms with Crippen molar-refractivity contribution in [2.45, 2.75) is 31.2 Å². The van der Waals surface area contributed by atoms with Crippen molar-refractivity contribution < 1.29 is 0 Å². The number of imidazole rings is 1. The first-order valence-electron chi connectivity index (χ1n) is 11.1. The number of nitrogens with one attached hydrogen (secondary N) is 4. The van der Waals surface area contributed by atoms with Crippen LogP contribution >= 0.6 is 0 Å². The van der Waals surface area contributed by atoms with Gasteiger partial charge < -0.3 is 15.6 Å². The van der Waals surface area contributed by atoms with Crippen LogP contribution in [0, 0.1) is 0 Å². The fourth-order valence-electron chi connectivity index (χ4n) is 4.33. The average Bonchev–Trinajstić information content (AvgIpc) is 3.26. The zero-order valence-corrected chi connectivity index (χ0v) is 18.2. The van der Waals surface area contributed by atoms with Crippen LogP contribution in [0.3, 0.4) is 0 Å². The van der Waals surface area contributed by atoms with Gasteiger partial charge in [0.1, 0.15) is 5.82 Å². The lowest BCUT2D eigenvalue weighted by atomic mass is 10.1. The molecule has 33 heavy (non-hydrogen) atoms. The van der Waals surface area contributed by atoms with Gasteiger partial charge in [-0.15, -0.1) is 0 Å². The number of aromatic nitrogens is 6. The van der Waals surface area contributed by atoms with E-state index >= 15 is 0 Å². The van der Waals surface area contributed by atoms with Gasteiger partial charge in [0, 0.05) is 23.9 Å². The molecule has 8 nitrogen and oxygen atoms in total. The van der Waals surface area contributed by atoms with Crippen LogP contribution < -0.4 is 10.6 Å². The van der Waals surface area contributed by atoms with E-state index in [0.717, 1.165) is 34.5 Å². The molecule has 3 atom stereocenters. The molecule has 8 heteroatoms. The predicted octanol–water partition coefficient (Wildman–Crippen LogP) is 5.26. The molecule has 0 spiro atoms. The van der Waals surface area contributed by atoms with Crippen molar-refractivity contribution in [2.75, 3.05) is 10.6 Å². The summed E-state index contributed by atoms with van der Waals surface area (Å²) in [5, 5.41) is 14.3. The largest absolute Gasteiger partial charge is 0.348 e. The Labute approximate surface area is 190 Å². The van der Waals surface area contributed by atoms with Gasteiger partial charge in [-0.2, -0.15) is 10.1 Å². The molecule has 0 unspecified atom stereocenters. The van der Waals surface area contributed by atoms with E-state index in [2.05, 4.69) is 96.2 Å². The van der Waals surface area contributed by atoms with Crippen molar-refractivity contribution >= 4 is 28.6 Å². The Bertz CT molecular complexity index is 1390. The van der Waals surface area contributed by atoms with Crippen LogP contribution in [0.15, 0.2) is 73.2 Å². The summed E-state index contributed by atoms with van der Waals surface area (Å²) < 4.78 is 0. The highest BCUT2D eigenvalue weighted by Gasteiger charge is 2.40. The summed E-state index contributed by atoms with van der Waals surface area (Å²) in [6, 6.07) is 20.8. The number of hydrogen-bond acceptors (Lipinski definition) is 6. The number of anilines is 3. The summed E-state index contributed by atoms with van der Waals surface area (Å²) >= 11 is 0. The Morgan fingerprint density at radius 1 is 0.970 bits per heavy atom. The van der Waals surface area contributed by atoms with Gasteiger partial charge in [0.15, 0.2) is 5.82 Å². The molecule has 1 aliphatic carbocycles. The van der Waals surface area contributed by atoms with Crippen LogP contribution in [0.5, 0.6) is 0 Å². The topological polar surface area (TPSA) is 107 Å². The number of hydrogen-bond donors (Lipinski definition) is 4. The van der Waals surface area contributed by atoms with E-state index in [1.807, 2.05) is 12.1 Å². The lowest BCUT2D eigenvalue weighted by Gasteiger charge is -2.14. The fourth-order valence-corrected chi connectivity index (χ4v) is 4.33. The maximum Gasteiger partial charge on any atom is 0.225 e. The van der Waals surface area contributed by atoms with Gasteiger partial charge in [0.2, 0.25) is 5.95 Å². The Hall–Kier alpha value is -4.20. The van der Waals surface area contributed by atoms with E-state index in [4.69, 9.17) is 0 Å². The molecule has 0 aliphatic heterocycles. The van der Waals surface area contributed by atoms with Gasteiger partial charge in [0.25, 0.3) is 0 Å². The van der Waals surface area contributed by atoms with Crippen LogP contribution in [-0.2, 0) is 0 Å². The molecule has 4 N–H and O–H groups in total. The third-order valence-corrected chi connectivity index (χ3v) is 6.22. The van der Waals surface area contributed by atoms with Crippen LogP contribution in [0.1, 0.15) is 48.0 Å². The Kier molecular flexibility index (Phi) is 4.75. The Balaban J connectivity index is 1.12. The Morgan fingerprint density at radius 3 is 2.79 bits per heavy atom. The number of benzene rings is 2. The number of nitrogens with zero attached hydrogens (tertiary/aromatic N) is 4. The highest BCUT2D eigenvalue weighted by Crippen LogP contribution is 2.54. The first-order valence-corrected chi connectivity index (χ1v) is 11.1. The van der Waals surface area contributed by atoms with Gasteiger partial charge in [-0.1, -0.05) is 36.4 Å². The van der Waals surface area contributed by atoms with Crippen LogP contribution in [0.25, 0.3) is 11.0 Å². The van der Waals surface area contributed by atoms with Gasteiger partial charge in [-0.3, -0.25) is 5.10 Å². The second kappa shape index (κ2) is 8.05. The summed E-state index contributed by atoms with van der Waals surface area (Å²) in [6.07, 6.45) is 4.59.